The van der Waals surface area contributed by atoms with Crippen molar-refractivity contribution in [2.75, 3.05) is 6.61 Å². The lowest BCUT2D eigenvalue weighted by molar-refractivity contribution is 0.0126. The summed E-state index contributed by atoms with van der Waals surface area (Å²) in [5.74, 6) is -1.24. The monoisotopic (exact) mass is 414 g/mol. The number of hydrogen-bond acceptors (Lipinski definition) is 6. The summed E-state index contributed by atoms with van der Waals surface area (Å²) < 4.78 is 11.4. The van der Waals surface area contributed by atoms with Gasteiger partial charge in [0, 0.05) is 31.1 Å². The molecule has 0 spiro atoms. The summed E-state index contributed by atoms with van der Waals surface area (Å²) in [6.45, 7) is 4.28. The maximum atomic E-state index is 13.0. The van der Waals surface area contributed by atoms with Gasteiger partial charge in [0.05, 0.1) is 12.2 Å². The molecule has 2 unspecified atom stereocenters. The van der Waals surface area contributed by atoms with Gasteiger partial charge in [-0.05, 0) is 37.7 Å². The molecule has 3 N–H and O–H groups in total. The fourth-order valence-corrected chi connectivity index (χ4v) is 3.95. The van der Waals surface area contributed by atoms with Crippen LogP contribution in [0.25, 0.3) is 0 Å². The first-order valence-corrected chi connectivity index (χ1v) is 10.5. The molecule has 1 saturated heterocycles. The van der Waals surface area contributed by atoms with Crippen LogP contribution < -0.4 is 0 Å². The number of fused-ring (bicyclic) bond motifs is 1. The Kier molecular flexibility index (Phi) is 7.71. The number of hydrogen-bond donors (Lipinski definition) is 3. The molecule has 0 saturated carbocycles. The summed E-state index contributed by atoms with van der Waals surface area (Å²) in [6, 6.07) is 1.15. The van der Waals surface area contributed by atoms with E-state index < -0.39 is 24.3 Å². The van der Waals surface area contributed by atoms with E-state index in [4.69, 9.17) is 9.47 Å². The third-order valence-electron chi connectivity index (χ3n) is 5.47. The molecule has 0 aromatic heterocycles. The van der Waals surface area contributed by atoms with E-state index in [2.05, 4.69) is 6.58 Å². The zero-order chi connectivity index (χ0) is 21.5. The van der Waals surface area contributed by atoms with Gasteiger partial charge in [0.2, 0.25) is 0 Å². The van der Waals surface area contributed by atoms with Crippen LogP contribution in [0.2, 0.25) is 0 Å². The number of esters is 1. The Balaban J connectivity index is 2.10. The van der Waals surface area contributed by atoms with E-state index >= 15 is 0 Å². The number of carbonyl (C=O) groups excluding carboxylic acids is 1. The second kappa shape index (κ2) is 10.5. The molecule has 1 aromatic rings. The van der Waals surface area contributed by atoms with E-state index in [0.29, 0.717) is 30.6 Å². The van der Waals surface area contributed by atoms with Crippen molar-refractivity contribution in [2.45, 2.75) is 63.3 Å². The molecular formula is C24H30O6. The van der Waals surface area contributed by atoms with Gasteiger partial charge in [0.25, 0.3) is 0 Å². The summed E-state index contributed by atoms with van der Waals surface area (Å²) in [4.78, 5) is 13.0. The highest BCUT2D eigenvalue weighted by molar-refractivity contribution is 5.95. The molecule has 0 bridgehead atoms. The Morgan fingerprint density at radius 1 is 1.10 bits per heavy atom. The lowest BCUT2D eigenvalue weighted by atomic mass is 9.88. The first-order valence-electron chi connectivity index (χ1n) is 10.5. The minimum atomic E-state index is -0.887. The normalized spacial score (nSPS) is 27.9. The second-order valence-electron chi connectivity index (χ2n) is 7.70. The summed E-state index contributed by atoms with van der Waals surface area (Å²) in [7, 11) is 0. The first kappa shape index (κ1) is 22.1. The molecule has 0 aliphatic carbocycles. The number of phenols is 2. The van der Waals surface area contributed by atoms with Gasteiger partial charge in [-0.25, -0.2) is 4.79 Å². The Bertz CT molecular complexity index is 819. The Hall–Kier alpha value is -2.57. The van der Waals surface area contributed by atoms with Gasteiger partial charge in [-0.3, -0.25) is 0 Å². The number of aliphatic hydroxyl groups excluding tert-OH is 1. The van der Waals surface area contributed by atoms with Gasteiger partial charge in [-0.2, -0.15) is 0 Å². The second-order valence-corrected chi connectivity index (χ2v) is 7.70. The molecule has 1 aromatic carbocycles. The van der Waals surface area contributed by atoms with Gasteiger partial charge < -0.3 is 24.8 Å². The van der Waals surface area contributed by atoms with E-state index in [0.717, 1.165) is 31.7 Å². The number of phenolic OH excluding ortho intramolecular Hbond substituents is 2. The molecule has 30 heavy (non-hydrogen) atoms. The van der Waals surface area contributed by atoms with Crippen LogP contribution in [-0.4, -0.2) is 40.1 Å². The van der Waals surface area contributed by atoms with Gasteiger partial charge >= 0.3 is 5.97 Å². The molecule has 2 aliphatic rings. The van der Waals surface area contributed by atoms with E-state index in [-0.39, 0.29) is 23.5 Å². The van der Waals surface area contributed by atoms with Crippen LogP contribution in [0.4, 0.5) is 0 Å². The van der Waals surface area contributed by atoms with Crippen LogP contribution in [0, 0.1) is 0 Å². The van der Waals surface area contributed by atoms with Crippen molar-refractivity contribution < 1.29 is 29.6 Å². The van der Waals surface area contributed by atoms with Crippen LogP contribution in [0.1, 0.15) is 66.1 Å². The van der Waals surface area contributed by atoms with Gasteiger partial charge in [-0.1, -0.05) is 37.0 Å². The van der Waals surface area contributed by atoms with Crippen LogP contribution in [-0.2, 0) is 15.9 Å². The van der Waals surface area contributed by atoms with Crippen molar-refractivity contribution in [3.05, 3.63) is 59.7 Å². The Morgan fingerprint density at radius 3 is 2.63 bits per heavy atom. The maximum absolute atomic E-state index is 13.0. The van der Waals surface area contributed by atoms with E-state index in [1.807, 2.05) is 18.2 Å². The molecule has 0 amide bonds. The number of rotatable bonds is 2. The van der Waals surface area contributed by atoms with Crippen molar-refractivity contribution in [3.63, 3.8) is 0 Å². The fraction of sp³-hybridized carbons (Fsp3) is 0.458. The lowest BCUT2D eigenvalue weighted by Crippen LogP contribution is -2.22. The maximum Gasteiger partial charge on any atom is 0.342 e. The van der Waals surface area contributed by atoms with E-state index in [1.54, 1.807) is 12.2 Å². The molecule has 3 rings (SSSR count). The quantitative estimate of drug-likeness (QED) is 0.495. The van der Waals surface area contributed by atoms with Crippen LogP contribution >= 0.6 is 0 Å². The molecule has 162 valence electrons. The number of allylic oxidation sites excluding steroid dienone is 2. The molecular weight excluding hydrogens is 384 g/mol. The molecule has 3 atom stereocenters. The average Bonchev–Trinajstić information content (AvgIpc) is 2.72. The highest BCUT2D eigenvalue weighted by Gasteiger charge is 2.31. The summed E-state index contributed by atoms with van der Waals surface area (Å²) in [5, 5.41) is 31.7. The number of cyclic esters (lactones) is 1. The lowest BCUT2D eigenvalue weighted by Gasteiger charge is -2.28. The van der Waals surface area contributed by atoms with Crippen molar-refractivity contribution in [2.24, 2.45) is 0 Å². The highest BCUT2D eigenvalue weighted by Crippen LogP contribution is 2.42. The third kappa shape index (κ3) is 5.32. The van der Waals surface area contributed by atoms with Crippen molar-refractivity contribution in [1.29, 1.82) is 0 Å². The molecule has 1 fully saturated rings. The topological polar surface area (TPSA) is 96.2 Å². The third-order valence-corrected chi connectivity index (χ3v) is 5.47. The highest BCUT2D eigenvalue weighted by atomic mass is 16.5. The van der Waals surface area contributed by atoms with Crippen molar-refractivity contribution in [3.8, 4) is 11.5 Å². The molecule has 6 nitrogen and oxygen atoms in total. The molecule has 2 aliphatic heterocycles. The Morgan fingerprint density at radius 2 is 1.90 bits per heavy atom. The van der Waals surface area contributed by atoms with Crippen LogP contribution in [0.15, 0.2) is 43.0 Å². The number of aromatic hydroxyl groups is 2. The van der Waals surface area contributed by atoms with Gasteiger partial charge in [0.15, 0.2) is 0 Å². The Labute approximate surface area is 177 Å². The van der Waals surface area contributed by atoms with Crippen molar-refractivity contribution in [1.82, 2.24) is 0 Å². The number of carbonyl (C=O) groups is 1. The summed E-state index contributed by atoms with van der Waals surface area (Å²) >= 11 is 0. The largest absolute Gasteiger partial charge is 0.507 e. The average molecular weight is 414 g/mol. The molecule has 2 heterocycles. The minimum absolute atomic E-state index is 0.0442. The van der Waals surface area contributed by atoms with Crippen LogP contribution in [0.5, 0.6) is 11.5 Å². The van der Waals surface area contributed by atoms with Crippen molar-refractivity contribution >= 4 is 5.97 Å². The number of aliphatic hydroxyl groups is 1. The smallest absolute Gasteiger partial charge is 0.342 e. The predicted octanol–water partition coefficient (Wildman–Crippen LogP) is 4.25. The zero-order valence-corrected chi connectivity index (χ0v) is 17.1. The predicted molar refractivity (Wildman–Crippen MR) is 114 cm³/mol. The minimum Gasteiger partial charge on any atom is -0.507 e. The SMILES string of the molecule is C=C[C@@H]1C/C=C/CC/C=C/C(O)Cc2c(c(O)cc(O)c2C2CCCCO2)C(=O)O1. The number of ether oxygens (including phenoxy) is 2. The summed E-state index contributed by atoms with van der Waals surface area (Å²) in [6.07, 6.45) is 11.8. The van der Waals surface area contributed by atoms with E-state index in [9.17, 15) is 20.1 Å². The van der Waals surface area contributed by atoms with Crippen LogP contribution in [0.3, 0.4) is 0 Å². The molecule has 0 radical (unpaired) electrons. The molecule has 6 heteroatoms. The number of benzene rings is 1. The van der Waals surface area contributed by atoms with Gasteiger partial charge in [0.1, 0.15) is 23.2 Å². The summed E-state index contributed by atoms with van der Waals surface area (Å²) in [5.41, 5.74) is 0.753. The zero-order valence-electron chi connectivity index (χ0n) is 17.1. The first-order chi connectivity index (χ1) is 14.5. The van der Waals surface area contributed by atoms with E-state index in [1.165, 1.54) is 0 Å². The fourth-order valence-electron chi connectivity index (χ4n) is 3.95. The van der Waals surface area contributed by atoms with Gasteiger partial charge in [-0.15, -0.1) is 0 Å². The standard InChI is InChI=1S/C24H30O6/c1-2-17-11-7-5-3-4-6-10-16(25)14-18-22(21-12-8-9-13-29-21)19(26)15-20(27)23(18)24(28)30-17/h2,5-7,10,15-17,21,25-27H,1,3-4,8-9,11-14H2/b7-5+,10-6+/t16?,17-,21?/m1/s1.